The highest BCUT2D eigenvalue weighted by atomic mass is 35.5. The maximum Gasteiger partial charge on any atom is 0.325 e. The van der Waals surface area contributed by atoms with Crippen LogP contribution in [0.25, 0.3) is 0 Å². The number of β-amino-alcohol motifs (C(OH)–C–C–N with tert-alkyl or cyclic N) is 1. The van der Waals surface area contributed by atoms with Gasteiger partial charge in [-0.2, -0.15) is 0 Å². The van der Waals surface area contributed by atoms with Crippen molar-refractivity contribution < 1.29 is 19.4 Å². The highest BCUT2D eigenvalue weighted by Gasteiger charge is 2.46. The van der Waals surface area contributed by atoms with Crippen LogP contribution in [0.4, 0.5) is 4.79 Å². The third-order valence-electron chi connectivity index (χ3n) is 3.94. The number of nitrogens with one attached hydrogen (secondary N) is 1. The first kappa shape index (κ1) is 17.7. The first-order valence-corrected chi connectivity index (χ1v) is 7.88. The van der Waals surface area contributed by atoms with E-state index in [2.05, 4.69) is 5.32 Å². The average Bonchev–Trinajstić information content (AvgIpc) is 2.73. The van der Waals surface area contributed by atoms with Gasteiger partial charge in [-0.3, -0.25) is 9.69 Å². The van der Waals surface area contributed by atoms with Crippen LogP contribution < -0.4 is 5.32 Å². The zero-order valence-electron chi connectivity index (χ0n) is 13.2. The Kier molecular flexibility index (Phi) is 5.62. The number of amides is 3. The summed E-state index contributed by atoms with van der Waals surface area (Å²) in [6, 6.07) is 6.71. The van der Waals surface area contributed by atoms with Crippen LogP contribution in [0, 0.1) is 0 Å². The van der Waals surface area contributed by atoms with E-state index >= 15 is 0 Å². The van der Waals surface area contributed by atoms with Gasteiger partial charge in [-0.25, -0.2) is 4.79 Å². The molecule has 0 aliphatic carbocycles. The van der Waals surface area contributed by atoms with E-state index in [0.29, 0.717) is 18.1 Å². The number of hydrogen-bond donors (Lipinski definition) is 2. The lowest BCUT2D eigenvalue weighted by atomic mass is 9.99. The molecule has 1 aliphatic rings. The summed E-state index contributed by atoms with van der Waals surface area (Å²) < 4.78 is 5.42. The number of benzene rings is 1. The van der Waals surface area contributed by atoms with Gasteiger partial charge >= 0.3 is 6.03 Å². The number of halogens is 1. The van der Waals surface area contributed by atoms with Gasteiger partial charge < -0.3 is 15.2 Å². The molecule has 3 amide bonds. The third kappa shape index (κ3) is 4.22. The molecule has 1 aromatic rings. The van der Waals surface area contributed by atoms with E-state index in [0.717, 1.165) is 10.5 Å². The van der Waals surface area contributed by atoms with Crippen molar-refractivity contribution in [1.82, 2.24) is 10.2 Å². The van der Waals surface area contributed by atoms with E-state index in [9.17, 15) is 14.7 Å². The van der Waals surface area contributed by atoms with Crippen LogP contribution in [0.3, 0.4) is 0 Å². The molecular formula is C16H21ClN2O4. The zero-order valence-corrected chi connectivity index (χ0v) is 14.0. The number of nitrogens with zero attached hydrogens (tertiary/aromatic N) is 1. The van der Waals surface area contributed by atoms with Crippen molar-refractivity contribution in [2.45, 2.75) is 38.5 Å². The van der Waals surface area contributed by atoms with Gasteiger partial charge in [0, 0.05) is 5.02 Å². The highest BCUT2D eigenvalue weighted by molar-refractivity contribution is 6.30. The summed E-state index contributed by atoms with van der Waals surface area (Å²) in [5.41, 5.74) is 0.0381. The molecule has 1 heterocycles. The first-order valence-electron chi connectivity index (χ1n) is 7.50. The van der Waals surface area contributed by atoms with Gasteiger partial charge in [0.25, 0.3) is 5.91 Å². The van der Waals surface area contributed by atoms with Crippen LogP contribution in [0.1, 0.15) is 25.8 Å². The molecule has 1 saturated heterocycles. The van der Waals surface area contributed by atoms with Gasteiger partial charge in [0.1, 0.15) is 5.54 Å². The lowest BCUT2D eigenvalue weighted by molar-refractivity contribution is -0.132. The molecule has 6 nitrogen and oxygen atoms in total. The number of carbonyl (C=O) groups excluding carboxylic acids is 2. The molecule has 126 valence electrons. The monoisotopic (exact) mass is 340 g/mol. The Labute approximate surface area is 140 Å². The Hall–Kier alpha value is -1.63. The fourth-order valence-corrected chi connectivity index (χ4v) is 2.44. The summed E-state index contributed by atoms with van der Waals surface area (Å²) in [6.07, 6.45) is -0.437. The topological polar surface area (TPSA) is 78.9 Å². The number of imide groups is 1. The molecule has 0 spiro atoms. The summed E-state index contributed by atoms with van der Waals surface area (Å²) >= 11 is 5.80. The summed E-state index contributed by atoms with van der Waals surface area (Å²) in [5, 5.41) is 13.3. The molecule has 1 fully saturated rings. The summed E-state index contributed by atoms with van der Waals surface area (Å²) in [7, 11) is 0. The van der Waals surface area contributed by atoms with Crippen LogP contribution >= 0.6 is 11.6 Å². The second-order valence-corrected chi connectivity index (χ2v) is 6.26. The third-order valence-corrected chi connectivity index (χ3v) is 4.19. The molecule has 0 saturated carbocycles. The van der Waals surface area contributed by atoms with Crippen LogP contribution in [0.2, 0.25) is 5.02 Å². The maximum absolute atomic E-state index is 12.2. The van der Waals surface area contributed by atoms with Gasteiger partial charge in [-0.05, 0) is 31.0 Å². The number of hydrogen-bond acceptors (Lipinski definition) is 4. The van der Waals surface area contributed by atoms with Crippen molar-refractivity contribution in [2.24, 2.45) is 0 Å². The van der Waals surface area contributed by atoms with E-state index in [1.54, 1.807) is 19.1 Å². The predicted molar refractivity (Wildman–Crippen MR) is 86.1 cm³/mol. The largest absolute Gasteiger partial charge is 0.389 e. The Morgan fingerprint density at radius 1 is 1.35 bits per heavy atom. The maximum atomic E-state index is 12.2. The van der Waals surface area contributed by atoms with Crippen molar-refractivity contribution >= 4 is 23.5 Å². The Morgan fingerprint density at radius 2 is 2.00 bits per heavy atom. The highest BCUT2D eigenvalue weighted by Crippen LogP contribution is 2.21. The van der Waals surface area contributed by atoms with Gasteiger partial charge in [0.05, 0.1) is 25.9 Å². The minimum absolute atomic E-state index is 0.0303. The Morgan fingerprint density at radius 3 is 2.57 bits per heavy atom. The van der Waals surface area contributed by atoms with E-state index in [-0.39, 0.29) is 19.1 Å². The Balaban J connectivity index is 1.80. The quantitative estimate of drug-likeness (QED) is 0.743. The number of ether oxygens (including phenoxy) is 1. The van der Waals surface area contributed by atoms with Gasteiger partial charge in [-0.1, -0.05) is 30.7 Å². The molecule has 0 unspecified atom stereocenters. The minimum Gasteiger partial charge on any atom is -0.389 e. The summed E-state index contributed by atoms with van der Waals surface area (Å²) in [4.78, 5) is 25.1. The molecule has 7 heteroatoms. The van der Waals surface area contributed by atoms with E-state index < -0.39 is 17.7 Å². The summed E-state index contributed by atoms with van der Waals surface area (Å²) in [5.74, 6) is -0.318. The number of carbonyl (C=O) groups is 2. The second-order valence-electron chi connectivity index (χ2n) is 5.83. The molecule has 1 aromatic carbocycles. The molecule has 2 N–H and O–H groups in total. The average molecular weight is 341 g/mol. The lowest BCUT2D eigenvalue weighted by Crippen LogP contribution is -2.44. The van der Waals surface area contributed by atoms with Crippen molar-refractivity contribution in [3.8, 4) is 0 Å². The van der Waals surface area contributed by atoms with Gasteiger partial charge in [0.2, 0.25) is 0 Å². The van der Waals surface area contributed by atoms with E-state index in [1.165, 1.54) is 0 Å². The first-order chi connectivity index (χ1) is 10.9. The Bertz CT molecular complexity index is 578. The van der Waals surface area contributed by atoms with Crippen molar-refractivity contribution in [1.29, 1.82) is 0 Å². The van der Waals surface area contributed by atoms with Crippen LogP contribution in [0.5, 0.6) is 0 Å². The molecule has 1 aliphatic heterocycles. The molecule has 0 bridgehead atoms. The van der Waals surface area contributed by atoms with Crippen molar-refractivity contribution in [3.05, 3.63) is 34.9 Å². The molecule has 2 rings (SSSR count). The van der Waals surface area contributed by atoms with Crippen molar-refractivity contribution in [3.63, 3.8) is 0 Å². The zero-order chi connectivity index (χ0) is 17.0. The molecular weight excluding hydrogens is 320 g/mol. The second kappa shape index (κ2) is 7.29. The fraction of sp³-hybridized carbons (Fsp3) is 0.500. The van der Waals surface area contributed by atoms with Crippen LogP contribution in [-0.4, -0.2) is 46.7 Å². The van der Waals surface area contributed by atoms with Crippen molar-refractivity contribution in [2.75, 3.05) is 13.2 Å². The lowest BCUT2D eigenvalue weighted by Gasteiger charge is -2.21. The number of urea groups is 1. The number of aliphatic hydroxyl groups excluding tert-OH is 1. The van der Waals surface area contributed by atoms with Crippen LogP contribution in [-0.2, 0) is 16.1 Å². The van der Waals surface area contributed by atoms with Gasteiger partial charge in [-0.15, -0.1) is 0 Å². The normalized spacial score (nSPS) is 22.3. The number of rotatable bonds is 7. The molecule has 23 heavy (non-hydrogen) atoms. The number of aliphatic hydroxyl groups is 1. The summed E-state index contributed by atoms with van der Waals surface area (Å²) in [6.45, 7) is 3.77. The van der Waals surface area contributed by atoms with E-state index in [4.69, 9.17) is 16.3 Å². The minimum atomic E-state index is -0.934. The predicted octanol–water partition coefficient (Wildman–Crippen LogP) is 1.94. The van der Waals surface area contributed by atoms with Crippen LogP contribution in [0.15, 0.2) is 24.3 Å². The fourth-order valence-electron chi connectivity index (χ4n) is 2.31. The SMILES string of the molecule is CC[C@]1(C)NC(=O)N(C[C@@H](O)COCc2ccc(Cl)cc2)C1=O. The van der Waals surface area contributed by atoms with Gasteiger partial charge in [0.15, 0.2) is 0 Å². The molecule has 2 atom stereocenters. The van der Waals surface area contributed by atoms with E-state index in [1.807, 2.05) is 19.1 Å². The standard InChI is InChI=1S/C16H21ClN2O4/c1-3-16(2)14(21)19(15(22)18-16)8-13(20)10-23-9-11-4-6-12(17)7-5-11/h4-7,13,20H,3,8-10H2,1-2H3,(H,18,22)/t13-,16+/m1/s1. The molecule has 0 aromatic heterocycles. The molecule has 0 radical (unpaired) electrons. The smallest absolute Gasteiger partial charge is 0.325 e.